The molecule has 1 saturated heterocycles. The van der Waals surface area contributed by atoms with Gasteiger partial charge < -0.3 is 10.1 Å². The fourth-order valence-corrected chi connectivity index (χ4v) is 2.31. The summed E-state index contributed by atoms with van der Waals surface area (Å²) in [5.41, 5.74) is 0.668. The summed E-state index contributed by atoms with van der Waals surface area (Å²) in [7, 11) is 0. The van der Waals surface area contributed by atoms with E-state index >= 15 is 0 Å². The smallest absolute Gasteiger partial charge is 0.129 e. The van der Waals surface area contributed by atoms with Gasteiger partial charge in [0.25, 0.3) is 0 Å². The van der Waals surface area contributed by atoms with Crippen molar-refractivity contribution in [2.45, 2.75) is 31.9 Å². The summed E-state index contributed by atoms with van der Waals surface area (Å²) in [6, 6.07) is 4.96. The second-order valence-corrected chi connectivity index (χ2v) is 5.96. The van der Waals surface area contributed by atoms with E-state index in [1.54, 1.807) is 12.1 Å². The van der Waals surface area contributed by atoms with Gasteiger partial charge in [0.2, 0.25) is 0 Å². The van der Waals surface area contributed by atoms with Gasteiger partial charge >= 0.3 is 0 Å². The Bertz CT molecular complexity index is 408. The molecule has 0 aromatic heterocycles. The van der Waals surface area contributed by atoms with E-state index in [0.29, 0.717) is 18.7 Å². The molecule has 2 nitrogen and oxygen atoms in total. The van der Waals surface area contributed by atoms with Crippen LogP contribution in [0.2, 0.25) is 0 Å². The van der Waals surface area contributed by atoms with E-state index in [-0.39, 0.29) is 17.5 Å². The third kappa shape index (κ3) is 3.27. The number of rotatable bonds is 1. The average Bonchev–Trinajstić information content (AvgIpc) is 2.43. The first-order chi connectivity index (χ1) is 7.98. The number of benzene rings is 1. The van der Waals surface area contributed by atoms with Gasteiger partial charge in [0.05, 0.1) is 6.10 Å². The maximum atomic E-state index is 13.8. The van der Waals surface area contributed by atoms with Crippen molar-refractivity contribution in [1.82, 2.24) is 5.32 Å². The Morgan fingerprint density at radius 3 is 3.00 bits per heavy atom. The highest BCUT2D eigenvalue weighted by molar-refractivity contribution is 9.10. The van der Waals surface area contributed by atoms with E-state index in [1.807, 2.05) is 0 Å². The van der Waals surface area contributed by atoms with Crippen LogP contribution in [0.1, 0.15) is 31.9 Å². The minimum Gasteiger partial charge on any atom is -0.372 e. The molecule has 1 N–H and O–H groups in total. The normalized spacial score (nSPS) is 24.4. The molecule has 1 aliphatic heterocycles. The van der Waals surface area contributed by atoms with Crippen LogP contribution in [-0.4, -0.2) is 18.7 Å². The van der Waals surface area contributed by atoms with E-state index in [9.17, 15) is 4.39 Å². The Balaban J connectivity index is 2.19. The molecule has 0 radical (unpaired) electrons. The fourth-order valence-electron chi connectivity index (χ4n) is 1.93. The van der Waals surface area contributed by atoms with Gasteiger partial charge in [-0.1, -0.05) is 15.9 Å². The van der Waals surface area contributed by atoms with Gasteiger partial charge in [-0.15, -0.1) is 0 Å². The van der Waals surface area contributed by atoms with E-state index < -0.39 is 0 Å². The lowest BCUT2D eigenvalue weighted by Crippen LogP contribution is -2.39. The number of hydrogen-bond donors (Lipinski definition) is 1. The Morgan fingerprint density at radius 2 is 2.24 bits per heavy atom. The lowest BCUT2D eigenvalue weighted by molar-refractivity contribution is 0.0631. The minimum absolute atomic E-state index is 0.0528. The molecule has 1 aliphatic rings. The van der Waals surface area contributed by atoms with Gasteiger partial charge in [0.15, 0.2) is 0 Å². The van der Waals surface area contributed by atoms with Crippen LogP contribution >= 0.6 is 15.9 Å². The molecule has 1 aromatic carbocycles. The van der Waals surface area contributed by atoms with E-state index in [2.05, 4.69) is 35.1 Å². The Morgan fingerprint density at radius 1 is 1.47 bits per heavy atom. The third-order valence-electron chi connectivity index (χ3n) is 3.12. The second kappa shape index (κ2) is 5.04. The molecule has 1 heterocycles. The zero-order valence-corrected chi connectivity index (χ0v) is 11.7. The van der Waals surface area contributed by atoms with Crippen LogP contribution in [0.3, 0.4) is 0 Å². The van der Waals surface area contributed by atoms with Crippen molar-refractivity contribution in [2.24, 2.45) is 0 Å². The molecular formula is C13H17BrFNO. The molecule has 0 aliphatic carbocycles. The van der Waals surface area contributed by atoms with Crippen LogP contribution in [-0.2, 0) is 4.74 Å². The first kappa shape index (κ1) is 13.0. The van der Waals surface area contributed by atoms with Crippen LogP contribution in [0.25, 0.3) is 0 Å². The highest BCUT2D eigenvalue weighted by Gasteiger charge is 2.26. The van der Waals surface area contributed by atoms with Crippen molar-refractivity contribution in [3.8, 4) is 0 Å². The molecule has 1 fully saturated rings. The molecule has 17 heavy (non-hydrogen) atoms. The van der Waals surface area contributed by atoms with E-state index in [0.717, 1.165) is 10.9 Å². The largest absolute Gasteiger partial charge is 0.372 e. The van der Waals surface area contributed by atoms with Crippen molar-refractivity contribution >= 4 is 15.9 Å². The Labute approximate surface area is 110 Å². The minimum atomic E-state index is -0.214. The Hall–Kier alpha value is -0.450. The van der Waals surface area contributed by atoms with E-state index in [4.69, 9.17) is 4.74 Å². The SMILES string of the molecule is CC1(C)CCOC(c2cc(Br)ccc2F)CN1. The van der Waals surface area contributed by atoms with Gasteiger partial charge in [0, 0.05) is 28.7 Å². The van der Waals surface area contributed by atoms with Gasteiger partial charge in [-0.3, -0.25) is 0 Å². The molecule has 1 atom stereocenters. The van der Waals surface area contributed by atoms with Crippen LogP contribution in [0, 0.1) is 5.82 Å². The van der Waals surface area contributed by atoms with Gasteiger partial charge in [-0.05, 0) is 38.5 Å². The predicted molar refractivity (Wildman–Crippen MR) is 69.5 cm³/mol. The van der Waals surface area contributed by atoms with Gasteiger partial charge in [-0.2, -0.15) is 0 Å². The lowest BCUT2D eigenvalue weighted by atomic mass is 10.0. The summed E-state index contributed by atoms with van der Waals surface area (Å²) in [5, 5.41) is 3.41. The molecule has 2 rings (SSSR count). The van der Waals surface area contributed by atoms with Crippen LogP contribution < -0.4 is 5.32 Å². The predicted octanol–water partition coefficient (Wildman–Crippen LogP) is 3.42. The quantitative estimate of drug-likeness (QED) is 0.858. The highest BCUT2D eigenvalue weighted by Crippen LogP contribution is 2.27. The Kier molecular flexibility index (Phi) is 3.85. The summed E-state index contributed by atoms with van der Waals surface area (Å²) in [4.78, 5) is 0. The molecule has 1 unspecified atom stereocenters. The topological polar surface area (TPSA) is 21.3 Å². The van der Waals surface area contributed by atoms with Gasteiger partial charge in [-0.25, -0.2) is 4.39 Å². The summed E-state index contributed by atoms with van der Waals surface area (Å²) >= 11 is 3.36. The summed E-state index contributed by atoms with van der Waals surface area (Å²) in [5.74, 6) is -0.209. The molecule has 1 aromatic rings. The number of hydrogen-bond acceptors (Lipinski definition) is 2. The zero-order valence-electron chi connectivity index (χ0n) is 10.1. The summed E-state index contributed by atoms with van der Waals surface area (Å²) in [6.07, 6.45) is 0.716. The fraction of sp³-hybridized carbons (Fsp3) is 0.538. The first-order valence-electron chi connectivity index (χ1n) is 5.79. The monoisotopic (exact) mass is 301 g/mol. The molecule has 94 valence electrons. The molecule has 0 bridgehead atoms. The van der Waals surface area contributed by atoms with E-state index in [1.165, 1.54) is 6.07 Å². The molecule has 4 heteroatoms. The average molecular weight is 302 g/mol. The molecular weight excluding hydrogens is 285 g/mol. The standard InChI is InChI=1S/C13H17BrFNO/c1-13(2)5-6-17-12(8-16-13)10-7-9(14)3-4-11(10)15/h3-4,7,12,16H,5-6,8H2,1-2H3. The molecule has 0 saturated carbocycles. The number of halogens is 2. The second-order valence-electron chi connectivity index (χ2n) is 5.04. The van der Waals surface area contributed by atoms with Crippen LogP contribution in [0.4, 0.5) is 4.39 Å². The molecule has 0 amide bonds. The maximum absolute atomic E-state index is 13.8. The maximum Gasteiger partial charge on any atom is 0.129 e. The number of ether oxygens (including phenoxy) is 1. The number of nitrogens with one attached hydrogen (secondary N) is 1. The van der Waals surface area contributed by atoms with Crippen molar-refractivity contribution in [2.75, 3.05) is 13.2 Å². The molecule has 0 spiro atoms. The van der Waals surface area contributed by atoms with Crippen molar-refractivity contribution in [3.05, 3.63) is 34.1 Å². The lowest BCUT2D eigenvalue weighted by Gasteiger charge is -2.23. The van der Waals surface area contributed by atoms with Crippen LogP contribution in [0.15, 0.2) is 22.7 Å². The highest BCUT2D eigenvalue weighted by atomic mass is 79.9. The van der Waals surface area contributed by atoms with Crippen molar-refractivity contribution < 1.29 is 9.13 Å². The van der Waals surface area contributed by atoms with Gasteiger partial charge in [0.1, 0.15) is 5.82 Å². The van der Waals surface area contributed by atoms with Crippen LogP contribution in [0.5, 0.6) is 0 Å². The summed E-state index contributed by atoms with van der Waals surface area (Å²) in [6.45, 7) is 5.56. The van der Waals surface area contributed by atoms with Crippen molar-refractivity contribution in [1.29, 1.82) is 0 Å². The van der Waals surface area contributed by atoms with Crippen molar-refractivity contribution in [3.63, 3.8) is 0 Å². The third-order valence-corrected chi connectivity index (χ3v) is 3.61. The first-order valence-corrected chi connectivity index (χ1v) is 6.59. The summed E-state index contributed by atoms with van der Waals surface area (Å²) < 4.78 is 20.4. The zero-order chi connectivity index (χ0) is 12.5.